The van der Waals surface area contributed by atoms with Gasteiger partial charge in [0.2, 0.25) is 0 Å². The molecule has 1 saturated heterocycles. The maximum absolute atomic E-state index is 12.3. The van der Waals surface area contributed by atoms with Crippen molar-refractivity contribution < 1.29 is 9.53 Å². The van der Waals surface area contributed by atoms with Gasteiger partial charge in [-0.3, -0.25) is 4.79 Å². The highest BCUT2D eigenvalue weighted by Crippen LogP contribution is 2.22. The fraction of sp³-hybridized carbons (Fsp3) is 0.692. The molecule has 1 aliphatic heterocycles. The fourth-order valence-electron chi connectivity index (χ4n) is 2.45. The van der Waals surface area contributed by atoms with Crippen LogP contribution in [0.1, 0.15) is 18.7 Å². The molecule has 2 N–H and O–H groups in total. The summed E-state index contributed by atoms with van der Waals surface area (Å²) in [4.78, 5) is 16.4. The SMILES string of the molecule is COC1(C(=O)NCCn2ccnc2C)CCNCC1. The van der Waals surface area contributed by atoms with Crippen molar-refractivity contribution in [2.75, 3.05) is 26.7 Å². The number of carbonyl (C=O) groups excluding carboxylic acids is 1. The van der Waals surface area contributed by atoms with E-state index < -0.39 is 5.60 Å². The lowest BCUT2D eigenvalue weighted by atomic mass is 9.91. The molecule has 2 rings (SSSR count). The molecule has 1 aromatic heterocycles. The lowest BCUT2D eigenvalue weighted by Gasteiger charge is -2.34. The number of aryl methyl sites for hydroxylation is 1. The van der Waals surface area contributed by atoms with Crippen LogP contribution in [-0.2, 0) is 16.1 Å². The maximum atomic E-state index is 12.3. The Labute approximate surface area is 113 Å². The van der Waals surface area contributed by atoms with Gasteiger partial charge in [0.25, 0.3) is 5.91 Å². The van der Waals surface area contributed by atoms with Crippen molar-refractivity contribution in [1.29, 1.82) is 0 Å². The average molecular weight is 266 g/mol. The predicted octanol–water partition coefficient (Wildman–Crippen LogP) is 0.0763. The number of hydrogen-bond donors (Lipinski definition) is 2. The molecule has 0 aliphatic carbocycles. The van der Waals surface area contributed by atoms with E-state index in [0.29, 0.717) is 6.54 Å². The molecule has 1 aromatic rings. The third-order valence-electron chi connectivity index (χ3n) is 3.78. The minimum Gasteiger partial charge on any atom is -0.368 e. The van der Waals surface area contributed by atoms with E-state index in [1.165, 1.54) is 0 Å². The molecule has 0 radical (unpaired) electrons. The molecule has 1 amide bonds. The molecule has 0 aromatic carbocycles. The number of nitrogens with one attached hydrogen (secondary N) is 2. The predicted molar refractivity (Wildman–Crippen MR) is 71.8 cm³/mol. The van der Waals surface area contributed by atoms with E-state index in [2.05, 4.69) is 15.6 Å². The lowest BCUT2D eigenvalue weighted by molar-refractivity contribution is -0.146. The monoisotopic (exact) mass is 266 g/mol. The van der Waals surface area contributed by atoms with Gasteiger partial charge in [-0.1, -0.05) is 0 Å². The second kappa shape index (κ2) is 6.16. The Hall–Kier alpha value is -1.40. The van der Waals surface area contributed by atoms with Crippen LogP contribution < -0.4 is 10.6 Å². The number of ether oxygens (including phenoxy) is 1. The molecular formula is C13H22N4O2. The van der Waals surface area contributed by atoms with Crippen molar-refractivity contribution in [3.05, 3.63) is 18.2 Å². The summed E-state index contributed by atoms with van der Waals surface area (Å²) < 4.78 is 7.50. The van der Waals surface area contributed by atoms with E-state index >= 15 is 0 Å². The molecule has 0 spiro atoms. The van der Waals surface area contributed by atoms with E-state index in [1.807, 2.05) is 17.7 Å². The third kappa shape index (κ3) is 3.13. The Bertz CT molecular complexity index is 424. The number of nitrogens with zero attached hydrogens (tertiary/aromatic N) is 2. The zero-order chi connectivity index (χ0) is 13.7. The number of amides is 1. The molecule has 106 valence electrons. The Morgan fingerprint density at radius 3 is 2.89 bits per heavy atom. The van der Waals surface area contributed by atoms with Crippen LogP contribution in [0, 0.1) is 6.92 Å². The van der Waals surface area contributed by atoms with Gasteiger partial charge in [0.05, 0.1) is 0 Å². The number of imidazole rings is 1. The van der Waals surface area contributed by atoms with Crippen molar-refractivity contribution in [2.45, 2.75) is 31.9 Å². The van der Waals surface area contributed by atoms with Crippen molar-refractivity contribution in [2.24, 2.45) is 0 Å². The molecule has 19 heavy (non-hydrogen) atoms. The van der Waals surface area contributed by atoms with Crippen LogP contribution >= 0.6 is 0 Å². The smallest absolute Gasteiger partial charge is 0.252 e. The number of methoxy groups -OCH3 is 1. The van der Waals surface area contributed by atoms with E-state index in [1.54, 1.807) is 13.3 Å². The largest absolute Gasteiger partial charge is 0.368 e. The summed E-state index contributed by atoms with van der Waals surface area (Å²) in [6, 6.07) is 0. The second-order valence-electron chi connectivity index (χ2n) is 4.87. The van der Waals surface area contributed by atoms with E-state index in [0.717, 1.165) is 38.3 Å². The van der Waals surface area contributed by atoms with Gasteiger partial charge >= 0.3 is 0 Å². The van der Waals surface area contributed by atoms with Gasteiger partial charge in [0.15, 0.2) is 0 Å². The average Bonchev–Trinajstić information content (AvgIpc) is 2.85. The normalized spacial score (nSPS) is 18.2. The molecule has 0 saturated carbocycles. The van der Waals surface area contributed by atoms with Gasteiger partial charge in [-0.05, 0) is 32.9 Å². The van der Waals surface area contributed by atoms with Crippen LogP contribution in [0.5, 0.6) is 0 Å². The van der Waals surface area contributed by atoms with Gasteiger partial charge < -0.3 is 19.9 Å². The zero-order valence-electron chi connectivity index (χ0n) is 11.6. The highest BCUT2D eigenvalue weighted by molar-refractivity contribution is 5.85. The summed E-state index contributed by atoms with van der Waals surface area (Å²) >= 11 is 0. The zero-order valence-corrected chi connectivity index (χ0v) is 11.6. The summed E-state index contributed by atoms with van der Waals surface area (Å²) in [5.41, 5.74) is -0.658. The quantitative estimate of drug-likeness (QED) is 0.792. The maximum Gasteiger partial charge on any atom is 0.252 e. The van der Waals surface area contributed by atoms with Gasteiger partial charge in [0.1, 0.15) is 11.4 Å². The van der Waals surface area contributed by atoms with Crippen molar-refractivity contribution >= 4 is 5.91 Å². The second-order valence-corrected chi connectivity index (χ2v) is 4.87. The molecular weight excluding hydrogens is 244 g/mol. The van der Waals surface area contributed by atoms with Gasteiger partial charge in [0, 0.05) is 32.6 Å². The Balaban J connectivity index is 1.84. The van der Waals surface area contributed by atoms with E-state index in [-0.39, 0.29) is 5.91 Å². The van der Waals surface area contributed by atoms with Crippen molar-refractivity contribution in [3.63, 3.8) is 0 Å². The molecule has 0 unspecified atom stereocenters. The number of aromatic nitrogens is 2. The highest BCUT2D eigenvalue weighted by Gasteiger charge is 2.39. The minimum absolute atomic E-state index is 0.00531. The molecule has 2 heterocycles. The number of rotatable bonds is 5. The first-order chi connectivity index (χ1) is 9.18. The standard InChI is InChI=1S/C13H22N4O2/c1-11-15-7-9-17(11)10-8-16-12(18)13(19-2)3-5-14-6-4-13/h7,9,14H,3-6,8,10H2,1-2H3,(H,16,18). The van der Waals surface area contributed by atoms with Crippen LogP contribution in [0.25, 0.3) is 0 Å². The molecule has 0 atom stereocenters. The molecule has 6 heteroatoms. The van der Waals surface area contributed by atoms with Gasteiger partial charge in [-0.2, -0.15) is 0 Å². The topological polar surface area (TPSA) is 68.2 Å². The lowest BCUT2D eigenvalue weighted by Crippen LogP contribution is -2.54. The highest BCUT2D eigenvalue weighted by atomic mass is 16.5. The third-order valence-corrected chi connectivity index (χ3v) is 3.78. The van der Waals surface area contributed by atoms with E-state index in [9.17, 15) is 4.79 Å². The van der Waals surface area contributed by atoms with Crippen LogP contribution in [0.4, 0.5) is 0 Å². The number of carbonyl (C=O) groups is 1. The molecule has 6 nitrogen and oxygen atoms in total. The molecule has 0 bridgehead atoms. The fourth-order valence-corrected chi connectivity index (χ4v) is 2.45. The van der Waals surface area contributed by atoms with E-state index in [4.69, 9.17) is 4.74 Å². The number of piperidine rings is 1. The van der Waals surface area contributed by atoms with Gasteiger partial charge in [-0.25, -0.2) is 4.98 Å². The Morgan fingerprint density at radius 2 is 2.32 bits per heavy atom. The van der Waals surface area contributed by atoms with Crippen LogP contribution in [0.3, 0.4) is 0 Å². The van der Waals surface area contributed by atoms with Crippen LogP contribution in [0.2, 0.25) is 0 Å². The minimum atomic E-state index is -0.658. The summed E-state index contributed by atoms with van der Waals surface area (Å²) in [6.45, 7) is 4.92. The summed E-state index contributed by atoms with van der Waals surface area (Å²) in [5, 5.41) is 6.21. The molecule has 1 aliphatic rings. The summed E-state index contributed by atoms with van der Waals surface area (Å²) in [6.07, 6.45) is 5.12. The molecule has 1 fully saturated rings. The Morgan fingerprint density at radius 1 is 1.58 bits per heavy atom. The summed E-state index contributed by atoms with van der Waals surface area (Å²) in [7, 11) is 1.62. The van der Waals surface area contributed by atoms with Crippen molar-refractivity contribution in [3.8, 4) is 0 Å². The summed E-state index contributed by atoms with van der Waals surface area (Å²) in [5.74, 6) is 0.951. The Kier molecular flexibility index (Phi) is 4.55. The first-order valence-corrected chi connectivity index (χ1v) is 6.70. The first-order valence-electron chi connectivity index (χ1n) is 6.70. The first kappa shape index (κ1) is 14.0. The van der Waals surface area contributed by atoms with Gasteiger partial charge in [-0.15, -0.1) is 0 Å². The van der Waals surface area contributed by atoms with Crippen LogP contribution in [0.15, 0.2) is 12.4 Å². The van der Waals surface area contributed by atoms with Crippen LogP contribution in [-0.4, -0.2) is 47.8 Å². The van der Waals surface area contributed by atoms with Crippen molar-refractivity contribution in [1.82, 2.24) is 20.2 Å². The number of hydrogen-bond acceptors (Lipinski definition) is 4.